The smallest absolute Gasteiger partial charge is 0.305 e. The number of nitrogens with one attached hydrogen (secondary N) is 1. The van der Waals surface area contributed by atoms with Gasteiger partial charge in [0, 0.05) is 6.42 Å². The second-order valence-corrected chi connectivity index (χ2v) is 11.8. The largest absolute Gasteiger partial charge is 0.466 e. The minimum absolute atomic E-state index is 0.0116. The van der Waals surface area contributed by atoms with Crippen molar-refractivity contribution >= 4 is 5.97 Å². The van der Waals surface area contributed by atoms with Crippen LogP contribution < -0.4 is 5.32 Å². The van der Waals surface area contributed by atoms with E-state index in [1.165, 1.54) is 155 Å². The topological polar surface area (TPSA) is 41.6 Å². The van der Waals surface area contributed by atoms with Crippen LogP contribution in [0.5, 0.6) is 0 Å². The summed E-state index contributed by atoms with van der Waals surface area (Å²) in [6, 6.07) is 0. The van der Waals surface area contributed by atoms with Crippen molar-refractivity contribution in [1.82, 2.24) is 10.2 Å². The summed E-state index contributed by atoms with van der Waals surface area (Å²) in [5.41, 5.74) is 0. The summed E-state index contributed by atoms with van der Waals surface area (Å²) in [6.07, 6.45) is 29.7. The molecular formula is C33H66N2O2. The fraction of sp³-hybridized carbons (Fsp3) is 0.970. The van der Waals surface area contributed by atoms with Crippen LogP contribution in [0.3, 0.4) is 0 Å². The normalized spacial score (nSPS) is 15.6. The maximum Gasteiger partial charge on any atom is 0.305 e. The molecule has 1 unspecified atom stereocenters. The van der Waals surface area contributed by atoms with Gasteiger partial charge in [-0.25, -0.2) is 0 Å². The van der Waals surface area contributed by atoms with E-state index in [-0.39, 0.29) is 5.97 Å². The number of carbonyl (C=O) groups is 1. The summed E-state index contributed by atoms with van der Waals surface area (Å²) in [5.74, 6) is 0.888. The van der Waals surface area contributed by atoms with E-state index in [0.717, 1.165) is 25.2 Å². The van der Waals surface area contributed by atoms with Crippen molar-refractivity contribution in [2.24, 2.45) is 5.92 Å². The second kappa shape index (κ2) is 27.0. The van der Waals surface area contributed by atoms with Crippen molar-refractivity contribution in [2.75, 3.05) is 39.3 Å². The minimum atomic E-state index is 0.0116. The van der Waals surface area contributed by atoms with Crippen molar-refractivity contribution in [3.05, 3.63) is 0 Å². The Morgan fingerprint density at radius 1 is 0.676 bits per heavy atom. The summed E-state index contributed by atoms with van der Waals surface area (Å²) >= 11 is 0. The van der Waals surface area contributed by atoms with Gasteiger partial charge in [-0.05, 0) is 77.2 Å². The van der Waals surface area contributed by atoms with Gasteiger partial charge in [0.25, 0.3) is 0 Å². The molecule has 1 saturated heterocycles. The molecule has 1 rings (SSSR count). The van der Waals surface area contributed by atoms with Crippen LogP contribution >= 0.6 is 0 Å². The maximum absolute atomic E-state index is 12.0. The summed E-state index contributed by atoms with van der Waals surface area (Å²) in [6.45, 7) is 11.3. The highest BCUT2D eigenvalue weighted by atomic mass is 16.5. The fourth-order valence-electron chi connectivity index (χ4n) is 5.58. The molecule has 0 aromatic carbocycles. The third-order valence-corrected chi connectivity index (χ3v) is 8.21. The maximum atomic E-state index is 12.0. The molecule has 0 saturated carbocycles. The van der Waals surface area contributed by atoms with Gasteiger partial charge in [-0.1, -0.05) is 117 Å². The van der Waals surface area contributed by atoms with Crippen LogP contribution in [0.1, 0.15) is 162 Å². The Kier molecular flexibility index (Phi) is 25.1. The van der Waals surface area contributed by atoms with Gasteiger partial charge < -0.3 is 15.0 Å². The number of hydrogen-bond acceptors (Lipinski definition) is 4. The number of unbranched alkanes of at least 4 members (excludes halogenated alkanes) is 17. The average Bonchev–Trinajstić information content (AvgIpc) is 3.43. The van der Waals surface area contributed by atoms with Crippen LogP contribution in [0, 0.1) is 5.92 Å². The zero-order chi connectivity index (χ0) is 26.7. The Bertz CT molecular complexity index is 479. The lowest BCUT2D eigenvalue weighted by atomic mass is 10.0. The van der Waals surface area contributed by atoms with Gasteiger partial charge in [0.1, 0.15) is 0 Å². The van der Waals surface area contributed by atoms with Crippen LogP contribution in [0.4, 0.5) is 0 Å². The van der Waals surface area contributed by atoms with Gasteiger partial charge >= 0.3 is 5.97 Å². The molecule has 0 spiro atoms. The van der Waals surface area contributed by atoms with Gasteiger partial charge in [0.15, 0.2) is 0 Å². The third-order valence-electron chi connectivity index (χ3n) is 8.21. The van der Waals surface area contributed by atoms with Gasteiger partial charge in [0.05, 0.1) is 6.61 Å². The van der Waals surface area contributed by atoms with E-state index in [2.05, 4.69) is 24.1 Å². The van der Waals surface area contributed by atoms with Crippen LogP contribution in [0.15, 0.2) is 0 Å². The highest BCUT2D eigenvalue weighted by Gasteiger charge is 2.15. The van der Waals surface area contributed by atoms with E-state index in [1.807, 2.05) is 0 Å². The van der Waals surface area contributed by atoms with Crippen molar-refractivity contribution in [1.29, 1.82) is 0 Å². The molecule has 0 aliphatic carbocycles. The first-order valence-corrected chi connectivity index (χ1v) is 16.8. The standard InChI is InChI=1S/C33H66N2O2/c1-3-5-7-9-10-11-12-13-14-15-16-20-27-35(29-25-32-24-26-34-31-32)28-21-18-19-23-33(36)37-30-22-17-8-6-4-2/h32,34H,3-31H2,1-2H3. The molecule has 0 bridgehead atoms. The molecular weight excluding hydrogens is 456 g/mol. The number of nitrogens with zero attached hydrogens (tertiary/aromatic N) is 1. The first-order valence-electron chi connectivity index (χ1n) is 16.8. The lowest BCUT2D eigenvalue weighted by Crippen LogP contribution is -2.29. The van der Waals surface area contributed by atoms with E-state index in [1.54, 1.807) is 0 Å². The molecule has 1 heterocycles. The minimum Gasteiger partial charge on any atom is -0.466 e. The zero-order valence-electron chi connectivity index (χ0n) is 25.3. The van der Waals surface area contributed by atoms with Crippen LogP contribution in [0.25, 0.3) is 0 Å². The fourth-order valence-corrected chi connectivity index (χ4v) is 5.58. The van der Waals surface area contributed by atoms with E-state index < -0.39 is 0 Å². The highest BCUT2D eigenvalue weighted by molar-refractivity contribution is 5.69. The van der Waals surface area contributed by atoms with Crippen LogP contribution in [-0.2, 0) is 9.53 Å². The highest BCUT2D eigenvalue weighted by Crippen LogP contribution is 2.15. The molecule has 4 heteroatoms. The number of ether oxygens (including phenoxy) is 1. The van der Waals surface area contributed by atoms with Crippen molar-refractivity contribution in [2.45, 2.75) is 162 Å². The predicted molar refractivity (Wildman–Crippen MR) is 161 cm³/mol. The molecule has 0 aromatic heterocycles. The lowest BCUT2D eigenvalue weighted by molar-refractivity contribution is -0.143. The lowest BCUT2D eigenvalue weighted by Gasteiger charge is -2.24. The second-order valence-electron chi connectivity index (χ2n) is 11.8. The SMILES string of the molecule is CCCCCCCCCCCCCCN(CCCCCC(=O)OCCCCCCC)CCC1CCNC1. The monoisotopic (exact) mass is 523 g/mol. The number of carbonyl (C=O) groups excluding carboxylic acids is 1. The third kappa shape index (κ3) is 23.0. The summed E-state index contributed by atoms with van der Waals surface area (Å²) in [4.78, 5) is 14.7. The number of esters is 1. The van der Waals surface area contributed by atoms with Crippen molar-refractivity contribution in [3.63, 3.8) is 0 Å². The predicted octanol–water partition coefficient (Wildman–Crippen LogP) is 9.06. The van der Waals surface area contributed by atoms with Crippen molar-refractivity contribution in [3.8, 4) is 0 Å². The molecule has 1 fully saturated rings. The van der Waals surface area contributed by atoms with Crippen molar-refractivity contribution < 1.29 is 9.53 Å². The molecule has 4 nitrogen and oxygen atoms in total. The molecule has 1 aliphatic rings. The van der Waals surface area contributed by atoms with E-state index in [0.29, 0.717) is 13.0 Å². The van der Waals surface area contributed by atoms with Gasteiger partial charge in [-0.2, -0.15) is 0 Å². The molecule has 220 valence electrons. The van der Waals surface area contributed by atoms with E-state index in [4.69, 9.17) is 4.74 Å². The van der Waals surface area contributed by atoms with Gasteiger partial charge in [-0.3, -0.25) is 4.79 Å². The quantitative estimate of drug-likeness (QED) is 0.0822. The van der Waals surface area contributed by atoms with Gasteiger partial charge in [0.2, 0.25) is 0 Å². The zero-order valence-corrected chi connectivity index (χ0v) is 25.3. The summed E-state index contributed by atoms with van der Waals surface area (Å²) in [7, 11) is 0. The van der Waals surface area contributed by atoms with Crippen LogP contribution in [0.2, 0.25) is 0 Å². The van der Waals surface area contributed by atoms with Crippen LogP contribution in [-0.4, -0.2) is 50.2 Å². The molecule has 1 N–H and O–H groups in total. The molecule has 37 heavy (non-hydrogen) atoms. The number of rotatable bonds is 28. The Morgan fingerprint density at radius 2 is 1.19 bits per heavy atom. The molecule has 0 aromatic rings. The number of hydrogen-bond donors (Lipinski definition) is 1. The molecule has 0 amide bonds. The Morgan fingerprint density at radius 3 is 1.73 bits per heavy atom. The summed E-state index contributed by atoms with van der Waals surface area (Å²) < 4.78 is 5.42. The Balaban J connectivity index is 2.06. The van der Waals surface area contributed by atoms with E-state index >= 15 is 0 Å². The first-order chi connectivity index (χ1) is 18.3. The van der Waals surface area contributed by atoms with Gasteiger partial charge in [-0.15, -0.1) is 0 Å². The Labute approximate surface area is 232 Å². The van der Waals surface area contributed by atoms with E-state index in [9.17, 15) is 4.79 Å². The molecule has 1 aliphatic heterocycles. The molecule has 0 radical (unpaired) electrons. The average molecular weight is 523 g/mol. The molecule has 1 atom stereocenters. The first kappa shape index (κ1) is 34.4. The summed E-state index contributed by atoms with van der Waals surface area (Å²) in [5, 5.41) is 3.52. The Hall–Kier alpha value is -0.610.